The van der Waals surface area contributed by atoms with Gasteiger partial charge in [-0.15, -0.1) is 5.10 Å². The van der Waals surface area contributed by atoms with E-state index in [2.05, 4.69) is 25.7 Å². The number of carbonyl (C=O) groups excluding carboxylic acids is 4. The minimum atomic E-state index is -3.35. The quantitative estimate of drug-likeness (QED) is 0.397. The normalized spacial score (nSPS) is 20.1. The van der Waals surface area contributed by atoms with Gasteiger partial charge in [0.2, 0.25) is 27.7 Å². The first-order chi connectivity index (χ1) is 16.7. The first-order valence-corrected chi connectivity index (χ1v) is 12.7. The third-order valence-electron chi connectivity index (χ3n) is 6.17. The lowest BCUT2D eigenvalue weighted by atomic mass is 10.0. The van der Waals surface area contributed by atoms with Crippen LogP contribution in [0.4, 0.5) is 5.69 Å². The highest BCUT2D eigenvalue weighted by atomic mass is 32.2. The number of fused-ring (bicyclic) bond motifs is 1. The van der Waals surface area contributed by atoms with Gasteiger partial charge in [0.1, 0.15) is 12.6 Å². The Hall–Kier alpha value is -3.65. The van der Waals surface area contributed by atoms with Crippen molar-refractivity contribution < 1.29 is 27.6 Å². The Labute approximate surface area is 200 Å². The minimum absolute atomic E-state index is 0.00899. The molecule has 1 atom stereocenters. The van der Waals surface area contributed by atoms with Crippen molar-refractivity contribution in [3.63, 3.8) is 0 Å². The molecule has 2 aromatic rings. The minimum Gasteiger partial charge on any atom is -0.324 e. The number of piperidine rings is 1. The van der Waals surface area contributed by atoms with Crippen LogP contribution in [0.2, 0.25) is 0 Å². The molecule has 2 aliphatic heterocycles. The van der Waals surface area contributed by atoms with Gasteiger partial charge in [-0.3, -0.25) is 24.5 Å². The number of amides is 4. The molecule has 3 heterocycles. The molecule has 13 nitrogen and oxygen atoms in total. The summed E-state index contributed by atoms with van der Waals surface area (Å²) in [5.41, 5.74) is 1.80. The van der Waals surface area contributed by atoms with Crippen LogP contribution in [-0.2, 0) is 44.0 Å². The SMILES string of the molecule is O=C1CCC(N2Cc3c(NC(=O)Cn4cc(CNS(=O)(=O)C5CC5)nn4)cccc3C2=O)C(=O)N1. The van der Waals surface area contributed by atoms with Crippen LogP contribution in [0.1, 0.15) is 47.3 Å². The number of aromatic nitrogens is 3. The van der Waals surface area contributed by atoms with Crippen LogP contribution < -0.4 is 15.4 Å². The van der Waals surface area contributed by atoms with Gasteiger partial charge in [-0.25, -0.2) is 17.8 Å². The summed E-state index contributed by atoms with van der Waals surface area (Å²) in [4.78, 5) is 50.7. The molecule has 1 saturated carbocycles. The average molecular weight is 502 g/mol. The highest BCUT2D eigenvalue weighted by Gasteiger charge is 2.40. The Morgan fingerprint density at radius 2 is 1.97 bits per heavy atom. The smallest absolute Gasteiger partial charge is 0.255 e. The van der Waals surface area contributed by atoms with Gasteiger partial charge >= 0.3 is 0 Å². The topological polar surface area (TPSA) is 172 Å². The summed E-state index contributed by atoms with van der Waals surface area (Å²) in [6.45, 7) is -0.0483. The standard InChI is InChI=1S/C21H23N7O6S/c29-18-7-6-17(20(31)24-18)28-10-15-14(21(28)32)2-1-3-16(15)23-19(30)11-27-9-12(25-26-27)8-22-35(33,34)13-4-5-13/h1-3,9,13,17,22H,4-8,10-11H2,(H,23,30)(H,24,29,31). The number of rotatable bonds is 8. The summed E-state index contributed by atoms with van der Waals surface area (Å²) in [5, 5.41) is 12.5. The van der Waals surface area contributed by atoms with Crippen LogP contribution in [0.3, 0.4) is 0 Å². The molecular weight excluding hydrogens is 478 g/mol. The molecule has 4 amide bonds. The zero-order valence-electron chi connectivity index (χ0n) is 18.6. The Morgan fingerprint density at radius 1 is 1.17 bits per heavy atom. The molecule has 1 unspecified atom stereocenters. The molecule has 184 valence electrons. The summed E-state index contributed by atoms with van der Waals surface area (Å²) in [6, 6.07) is 4.19. The fraction of sp³-hybridized carbons (Fsp3) is 0.429. The number of benzene rings is 1. The van der Waals surface area contributed by atoms with Crippen molar-refractivity contribution in [3.8, 4) is 0 Å². The Kier molecular flexibility index (Phi) is 5.84. The second kappa shape index (κ2) is 8.85. The van der Waals surface area contributed by atoms with Crippen molar-refractivity contribution in [1.82, 2.24) is 29.9 Å². The van der Waals surface area contributed by atoms with Gasteiger partial charge in [0.15, 0.2) is 0 Å². The molecule has 2 fully saturated rings. The number of sulfonamides is 1. The Morgan fingerprint density at radius 3 is 2.71 bits per heavy atom. The lowest BCUT2D eigenvalue weighted by Gasteiger charge is -2.29. The van der Waals surface area contributed by atoms with E-state index in [9.17, 15) is 27.6 Å². The van der Waals surface area contributed by atoms with Crippen molar-refractivity contribution in [1.29, 1.82) is 0 Å². The van der Waals surface area contributed by atoms with Gasteiger partial charge < -0.3 is 10.2 Å². The molecule has 1 saturated heterocycles. The van der Waals surface area contributed by atoms with E-state index in [0.717, 1.165) is 0 Å². The first kappa shape index (κ1) is 23.1. The number of hydrogen-bond donors (Lipinski definition) is 3. The fourth-order valence-corrected chi connectivity index (χ4v) is 5.55. The van der Waals surface area contributed by atoms with Gasteiger partial charge in [0.05, 0.1) is 23.7 Å². The molecule has 0 radical (unpaired) electrons. The van der Waals surface area contributed by atoms with Crippen molar-refractivity contribution in [3.05, 3.63) is 41.2 Å². The van der Waals surface area contributed by atoms with Crippen LogP contribution in [0, 0.1) is 0 Å². The van der Waals surface area contributed by atoms with Crippen molar-refractivity contribution in [2.45, 2.75) is 56.6 Å². The number of nitrogens with one attached hydrogen (secondary N) is 3. The van der Waals surface area contributed by atoms with E-state index in [4.69, 9.17) is 0 Å². The molecule has 5 rings (SSSR count). The summed E-state index contributed by atoms with van der Waals surface area (Å²) >= 11 is 0. The second-order valence-corrected chi connectivity index (χ2v) is 10.8. The molecule has 35 heavy (non-hydrogen) atoms. The summed E-state index contributed by atoms with van der Waals surface area (Å²) < 4.78 is 27.6. The summed E-state index contributed by atoms with van der Waals surface area (Å²) in [7, 11) is -3.35. The lowest BCUT2D eigenvalue weighted by Crippen LogP contribution is -2.52. The number of nitrogens with zero attached hydrogens (tertiary/aromatic N) is 4. The molecule has 0 bridgehead atoms. The molecule has 1 aromatic carbocycles. The number of anilines is 1. The van der Waals surface area contributed by atoms with Crippen LogP contribution >= 0.6 is 0 Å². The number of carbonyl (C=O) groups is 4. The van der Waals surface area contributed by atoms with Crippen molar-refractivity contribution in [2.75, 3.05) is 5.32 Å². The monoisotopic (exact) mass is 501 g/mol. The zero-order chi connectivity index (χ0) is 24.7. The predicted octanol–water partition coefficient (Wildman–Crippen LogP) is -0.740. The first-order valence-electron chi connectivity index (χ1n) is 11.1. The Balaban J connectivity index is 1.22. The maximum Gasteiger partial charge on any atom is 0.255 e. The molecule has 3 N–H and O–H groups in total. The zero-order valence-corrected chi connectivity index (χ0v) is 19.4. The van der Waals surface area contributed by atoms with Crippen LogP contribution in [-0.4, -0.2) is 63.2 Å². The van der Waals surface area contributed by atoms with Gasteiger partial charge in [-0.05, 0) is 31.4 Å². The predicted molar refractivity (Wildman–Crippen MR) is 120 cm³/mol. The van der Waals surface area contributed by atoms with Crippen LogP contribution in [0.5, 0.6) is 0 Å². The van der Waals surface area contributed by atoms with Gasteiger partial charge in [-0.2, -0.15) is 0 Å². The van der Waals surface area contributed by atoms with E-state index >= 15 is 0 Å². The number of imide groups is 1. The van der Waals surface area contributed by atoms with Gasteiger partial charge in [0.25, 0.3) is 5.91 Å². The van der Waals surface area contributed by atoms with Crippen LogP contribution in [0.15, 0.2) is 24.4 Å². The highest BCUT2D eigenvalue weighted by Crippen LogP contribution is 2.32. The largest absolute Gasteiger partial charge is 0.324 e. The average Bonchev–Trinajstić information content (AvgIpc) is 3.50. The second-order valence-electron chi connectivity index (χ2n) is 8.75. The molecular formula is C21H23N7O6S. The molecule has 1 aliphatic carbocycles. The number of hydrogen-bond acceptors (Lipinski definition) is 8. The van der Waals surface area contributed by atoms with Crippen molar-refractivity contribution in [2.24, 2.45) is 0 Å². The van der Waals surface area contributed by atoms with E-state index in [1.807, 2.05) is 0 Å². The van der Waals surface area contributed by atoms with Gasteiger partial charge in [-0.1, -0.05) is 11.3 Å². The highest BCUT2D eigenvalue weighted by molar-refractivity contribution is 7.90. The van der Waals surface area contributed by atoms with E-state index in [1.165, 1.54) is 15.8 Å². The third-order valence-corrected chi connectivity index (χ3v) is 8.06. The molecule has 14 heteroatoms. The maximum atomic E-state index is 12.9. The van der Waals surface area contributed by atoms with E-state index < -0.39 is 27.9 Å². The third kappa shape index (κ3) is 4.79. The van der Waals surface area contributed by atoms with E-state index in [1.54, 1.807) is 18.2 Å². The lowest BCUT2D eigenvalue weighted by molar-refractivity contribution is -0.137. The van der Waals surface area contributed by atoms with Gasteiger partial charge in [0, 0.05) is 29.8 Å². The molecule has 0 spiro atoms. The van der Waals surface area contributed by atoms with Crippen LogP contribution in [0.25, 0.3) is 0 Å². The van der Waals surface area contributed by atoms with E-state index in [-0.39, 0.29) is 49.5 Å². The summed E-state index contributed by atoms with van der Waals surface area (Å²) in [6.07, 6.45) is 3.20. The Bertz CT molecular complexity index is 1330. The van der Waals surface area contributed by atoms with Crippen molar-refractivity contribution >= 4 is 39.3 Å². The summed E-state index contributed by atoms with van der Waals surface area (Å²) in [5.74, 6) is -1.62. The fourth-order valence-electron chi connectivity index (χ4n) is 4.21. The van der Waals surface area contributed by atoms with E-state index in [0.29, 0.717) is 35.3 Å². The molecule has 3 aliphatic rings. The maximum absolute atomic E-state index is 12.9. The molecule has 1 aromatic heterocycles.